The van der Waals surface area contributed by atoms with Crippen LogP contribution in [0.1, 0.15) is 30.4 Å². The smallest absolute Gasteiger partial charge is 0.243 e. The van der Waals surface area contributed by atoms with Crippen LogP contribution in [0.4, 0.5) is 5.69 Å². The first-order valence-electron chi connectivity index (χ1n) is 13.5. The first-order valence-corrected chi connectivity index (χ1v) is 15.8. The van der Waals surface area contributed by atoms with E-state index in [1.165, 1.54) is 5.56 Å². The molecule has 7 nitrogen and oxygen atoms in total. The number of thiazole rings is 1. The number of benzene rings is 3. The van der Waals surface area contributed by atoms with Crippen LogP contribution in [0.15, 0.2) is 82.0 Å². The van der Waals surface area contributed by atoms with Gasteiger partial charge in [-0.1, -0.05) is 42.3 Å². The van der Waals surface area contributed by atoms with Gasteiger partial charge in [-0.3, -0.25) is 0 Å². The first-order chi connectivity index (χ1) is 19.4. The van der Waals surface area contributed by atoms with Crippen molar-refractivity contribution in [3.05, 3.63) is 88.0 Å². The van der Waals surface area contributed by atoms with E-state index in [4.69, 9.17) is 14.5 Å². The monoisotopic (exact) mass is 577 g/mol. The van der Waals surface area contributed by atoms with E-state index in [1.54, 1.807) is 42.0 Å². The summed E-state index contributed by atoms with van der Waals surface area (Å²) in [5, 5.41) is 2.09. The van der Waals surface area contributed by atoms with Gasteiger partial charge in [0.1, 0.15) is 0 Å². The summed E-state index contributed by atoms with van der Waals surface area (Å²) in [5.41, 5.74) is 5.14. The molecule has 5 rings (SSSR count). The van der Waals surface area contributed by atoms with Crippen molar-refractivity contribution in [2.75, 3.05) is 27.3 Å². The molecule has 1 aliphatic rings. The largest absolute Gasteiger partial charge is 0.493 e. The molecule has 3 aromatic carbocycles. The van der Waals surface area contributed by atoms with Crippen LogP contribution >= 0.6 is 11.3 Å². The molecule has 0 unspecified atom stereocenters. The van der Waals surface area contributed by atoms with Crippen LogP contribution < -0.4 is 14.3 Å². The number of methoxy groups -OCH3 is 2. The summed E-state index contributed by atoms with van der Waals surface area (Å²) in [6, 6.07) is 21.4. The van der Waals surface area contributed by atoms with Crippen LogP contribution in [0.3, 0.4) is 0 Å². The van der Waals surface area contributed by atoms with Crippen LogP contribution in [0, 0.1) is 6.92 Å². The SMILES string of the molecule is COc1ccc(CCn2c(-c3ccc(S(=O)(=O)N4CCCCC4)cc3)csc2=Nc2ccc(C)cc2)cc1OC. The van der Waals surface area contributed by atoms with Gasteiger partial charge in [0.2, 0.25) is 10.0 Å². The Balaban J connectivity index is 1.48. The maximum absolute atomic E-state index is 13.2. The molecule has 2 heterocycles. The molecular weight excluding hydrogens is 542 g/mol. The minimum atomic E-state index is -3.48. The Morgan fingerprint density at radius 1 is 0.875 bits per heavy atom. The van der Waals surface area contributed by atoms with Crippen molar-refractivity contribution >= 4 is 27.0 Å². The summed E-state index contributed by atoms with van der Waals surface area (Å²) in [7, 11) is -0.208. The normalized spacial score (nSPS) is 14.8. The van der Waals surface area contributed by atoms with E-state index in [-0.39, 0.29) is 0 Å². The second-order valence-electron chi connectivity index (χ2n) is 9.93. The zero-order valence-electron chi connectivity index (χ0n) is 23.2. The molecule has 0 amide bonds. The van der Waals surface area contributed by atoms with Crippen molar-refractivity contribution < 1.29 is 17.9 Å². The summed E-state index contributed by atoms with van der Waals surface area (Å²) in [6.07, 6.45) is 3.67. The maximum Gasteiger partial charge on any atom is 0.243 e. The van der Waals surface area contributed by atoms with Crippen LogP contribution in [0.5, 0.6) is 11.5 Å². The minimum absolute atomic E-state index is 0.342. The standard InChI is InChI=1S/C31H35N3O4S2/c1-23-7-12-26(13-8-23)32-31-34(20-17-24-9-16-29(37-2)30(21-24)38-3)28(22-39-31)25-10-14-27(15-11-25)40(35,36)33-18-5-4-6-19-33/h7-16,21-22H,4-6,17-20H2,1-3H3. The molecule has 0 saturated carbocycles. The fraction of sp³-hybridized carbons (Fsp3) is 0.323. The number of aromatic nitrogens is 1. The number of piperidine rings is 1. The van der Waals surface area contributed by atoms with Crippen LogP contribution in [-0.4, -0.2) is 44.6 Å². The lowest BCUT2D eigenvalue weighted by atomic mass is 10.1. The van der Waals surface area contributed by atoms with E-state index in [0.717, 1.165) is 53.0 Å². The molecule has 0 atom stereocenters. The lowest BCUT2D eigenvalue weighted by molar-refractivity contribution is 0.346. The molecule has 40 heavy (non-hydrogen) atoms. The van der Waals surface area contributed by atoms with Crippen LogP contribution in [0.2, 0.25) is 0 Å². The zero-order chi connectivity index (χ0) is 28.1. The minimum Gasteiger partial charge on any atom is -0.493 e. The van der Waals surface area contributed by atoms with Gasteiger partial charge >= 0.3 is 0 Å². The molecule has 0 spiro atoms. The van der Waals surface area contributed by atoms with E-state index in [9.17, 15) is 8.42 Å². The van der Waals surface area contributed by atoms with Gasteiger partial charge in [0.15, 0.2) is 16.3 Å². The predicted octanol–water partition coefficient (Wildman–Crippen LogP) is 6.19. The van der Waals surface area contributed by atoms with Gasteiger partial charge < -0.3 is 14.0 Å². The van der Waals surface area contributed by atoms with Crippen molar-refractivity contribution in [2.45, 2.75) is 44.0 Å². The van der Waals surface area contributed by atoms with E-state index >= 15 is 0 Å². The summed E-state index contributed by atoms with van der Waals surface area (Å²) in [5.74, 6) is 1.40. The number of ether oxygens (including phenoxy) is 2. The van der Waals surface area contributed by atoms with Gasteiger partial charge in [0.05, 0.1) is 30.5 Å². The summed E-state index contributed by atoms with van der Waals surface area (Å²) in [6.45, 7) is 3.93. The van der Waals surface area contributed by atoms with E-state index < -0.39 is 10.0 Å². The molecule has 1 fully saturated rings. The molecule has 0 radical (unpaired) electrons. The highest BCUT2D eigenvalue weighted by Gasteiger charge is 2.26. The van der Waals surface area contributed by atoms with Crippen molar-refractivity contribution in [3.63, 3.8) is 0 Å². The highest BCUT2D eigenvalue weighted by molar-refractivity contribution is 7.89. The molecule has 9 heteroatoms. The second kappa shape index (κ2) is 12.4. The number of hydrogen-bond donors (Lipinski definition) is 0. The van der Waals surface area contributed by atoms with Gasteiger partial charge in [-0.15, -0.1) is 11.3 Å². The number of rotatable bonds is 9. The zero-order valence-corrected chi connectivity index (χ0v) is 24.8. The Kier molecular flexibility index (Phi) is 8.73. The number of sulfonamides is 1. The Bertz CT molecular complexity index is 1620. The fourth-order valence-electron chi connectivity index (χ4n) is 4.92. The predicted molar refractivity (Wildman–Crippen MR) is 160 cm³/mol. The van der Waals surface area contributed by atoms with Crippen molar-refractivity contribution in [1.82, 2.24) is 8.87 Å². The quantitative estimate of drug-likeness (QED) is 0.238. The van der Waals surface area contributed by atoms with Gasteiger partial charge in [0, 0.05) is 25.0 Å². The number of nitrogens with zero attached hydrogens (tertiary/aromatic N) is 3. The van der Waals surface area contributed by atoms with Crippen molar-refractivity contribution in [1.29, 1.82) is 0 Å². The van der Waals surface area contributed by atoms with Crippen molar-refractivity contribution in [3.8, 4) is 22.8 Å². The Hall–Kier alpha value is -3.40. The third kappa shape index (κ3) is 6.16. The van der Waals surface area contributed by atoms with Crippen molar-refractivity contribution in [2.24, 2.45) is 4.99 Å². The Morgan fingerprint density at radius 3 is 2.25 bits per heavy atom. The van der Waals surface area contributed by atoms with E-state index in [2.05, 4.69) is 29.0 Å². The average molecular weight is 578 g/mol. The summed E-state index contributed by atoms with van der Waals surface area (Å²) in [4.78, 5) is 6.18. The molecule has 0 N–H and O–H groups in total. The van der Waals surface area contributed by atoms with Gasteiger partial charge in [-0.25, -0.2) is 13.4 Å². The molecule has 1 saturated heterocycles. The molecule has 4 aromatic rings. The number of hydrogen-bond acceptors (Lipinski definition) is 6. The summed E-state index contributed by atoms with van der Waals surface area (Å²) < 4.78 is 41.1. The Morgan fingerprint density at radius 2 is 1.57 bits per heavy atom. The Labute approximate surface area is 240 Å². The van der Waals surface area contributed by atoms with Gasteiger partial charge in [-0.2, -0.15) is 4.31 Å². The van der Waals surface area contributed by atoms with E-state index in [1.807, 2.05) is 42.5 Å². The third-order valence-electron chi connectivity index (χ3n) is 7.23. The van der Waals surface area contributed by atoms with Crippen LogP contribution in [0.25, 0.3) is 11.3 Å². The van der Waals surface area contributed by atoms with E-state index in [0.29, 0.717) is 36.0 Å². The molecule has 210 valence electrons. The summed E-state index contributed by atoms with van der Waals surface area (Å²) >= 11 is 1.58. The molecule has 0 bridgehead atoms. The third-order valence-corrected chi connectivity index (χ3v) is 10.0. The molecule has 0 aliphatic carbocycles. The highest BCUT2D eigenvalue weighted by Crippen LogP contribution is 2.29. The van der Waals surface area contributed by atoms with Gasteiger partial charge in [0.25, 0.3) is 0 Å². The lowest BCUT2D eigenvalue weighted by Gasteiger charge is -2.25. The molecule has 1 aromatic heterocycles. The second-order valence-corrected chi connectivity index (χ2v) is 12.7. The first kappa shape index (κ1) is 28.1. The topological polar surface area (TPSA) is 73.1 Å². The van der Waals surface area contributed by atoms with Gasteiger partial charge in [-0.05, 0) is 73.7 Å². The average Bonchev–Trinajstić information content (AvgIpc) is 3.39. The maximum atomic E-state index is 13.2. The van der Waals surface area contributed by atoms with Crippen LogP contribution in [-0.2, 0) is 23.0 Å². The highest BCUT2D eigenvalue weighted by atomic mass is 32.2. The fourth-order valence-corrected chi connectivity index (χ4v) is 7.40. The molecule has 1 aliphatic heterocycles. The molecular formula is C31H35N3O4S2. The number of aryl methyl sites for hydroxylation is 2. The lowest BCUT2D eigenvalue weighted by Crippen LogP contribution is -2.35.